The number of ether oxygens (including phenoxy) is 3. The fraction of sp³-hybridized carbons (Fsp3) is 0.308. The van der Waals surface area contributed by atoms with Crippen molar-refractivity contribution in [3.8, 4) is 22.8 Å². The van der Waals surface area contributed by atoms with E-state index in [2.05, 4.69) is 20.9 Å². The van der Waals surface area contributed by atoms with Gasteiger partial charge in [-0.2, -0.15) is 0 Å². The van der Waals surface area contributed by atoms with Crippen LogP contribution in [0.2, 0.25) is 0 Å². The average molecular weight is 506 g/mol. The maximum Gasteiger partial charge on any atom is 0.337 e. The van der Waals surface area contributed by atoms with Crippen LogP contribution in [-0.2, 0) is 11.2 Å². The van der Waals surface area contributed by atoms with Gasteiger partial charge >= 0.3 is 5.97 Å². The zero-order chi connectivity index (χ0) is 25.2. The smallest absolute Gasteiger partial charge is 0.337 e. The lowest BCUT2D eigenvalue weighted by atomic mass is 9.95. The molecule has 0 aliphatic carbocycles. The Balaban J connectivity index is 1.50. The number of thiazole rings is 1. The summed E-state index contributed by atoms with van der Waals surface area (Å²) >= 11 is 1.61. The van der Waals surface area contributed by atoms with Crippen molar-refractivity contribution in [3.05, 3.63) is 58.7 Å². The number of carbonyl (C=O) groups is 1. The largest absolute Gasteiger partial charge is 0.493 e. The Morgan fingerprint density at radius 2 is 2.08 bits per heavy atom. The molecule has 0 bridgehead atoms. The van der Waals surface area contributed by atoms with E-state index in [-0.39, 0.29) is 17.8 Å². The molecule has 9 nitrogen and oxygen atoms in total. The molecule has 2 aromatic carbocycles. The number of benzene rings is 2. The number of fused-ring (bicyclic) bond motifs is 2. The Hall–Kier alpha value is -3.76. The highest BCUT2D eigenvalue weighted by atomic mass is 32.1. The molecule has 1 atom stereocenters. The third-order valence-electron chi connectivity index (χ3n) is 5.98. The van der Waals surface area contributed by atoms with Crippen LogP contribution in [0.5, 0.6) is 11.5 Å². The second-order valence-electron chi connectivity index (χ2n) is 8.85. The van der Waals surface area contributed by atoms with Gasteiger partial charge in [-0.3, -0.25) is 0 Å². The molecule has 0 saturated heterocycles. The number of nitrogens with zero attached hydrogens (tertiary/aromatic N) is 4. The first-order chi connectivity index (χ1) is 17.4. The topological polar surface area (TPSA) is 113 Å². The second-order valence-corrected chi connectivity index (χ2v) is 9.91. The number of nitrogens with two attached hydrogens (primary N) is 1. The number of hydrogen-bond acceptors (Lipinski definition) is 10. The highest BCUT2D eigenvalue weighted by Gasteiger charge is 2.26. The Morgan fingerprint density at radius 1 is 1.22 bits per heavy atom. The van der Waals surface area contributed by atoms with Crippen LogP contribution in [0.15, 0.2) is 42.6 Å². The average Bonchev–Trinajstić information content (AvgIpc) is 3.32. The Labute approximate surface area is 212 Å². The summed E-state index contributed by atoms with van der Waals surface area (Å²) in [5.74, 6) is 1.40. The summed E-state index contributed by atoms with van der Waals surface area (Å²) in [5.41, 5.74) is 9.73. The summed E-state index contributed by atoms with van der Waals surface area (Å²) in [5, 5.41) is 0.955. The lowest BCUT2D eigenvalue weighted by molar-refractivity contribution is 0.0600. The predicted molar refractivity (Wildman–Crippen MR) is 139 cm³/mol. The van der Waals surface area contributed by atoms with Crippen LogP contribution in [0.1, 0.15) is 26.8 Å². The Kier molecular flexibility index (Phi) is 6.71. The number of nitrogen functional groups attached to an aromatic ring is 1. The highest BCUT2D eigenvalue weighted by Crippen LogP contribution is 2.40. The van der Waals surface area contributed by atoms with Crippen molar-refractivity contribution in [2.75, 3.05) is 46.7 Å². The number of aromatic nitrogens is 3. The van der Waals surface area contributed by atoms with Crippen LogP contribution < -0.4 is 15.2 Å². The molecule has 0 radical (unpaired) electrons. The number of rotatable bonds is 7. The van der Waals surface area contributed by atoms with Gasteiger partial charge in [0, 0.05) is 24.2 Å². The van der Waals surface area contributed by atoms with Gasteiger partial charge in [-0.15, -0.1) is 11.3 Å². The first-order valence-electron chi connectivity index (χ1n) is 11.6. The van der Waals surface area contributed by atoms with Crippen molar-refractivity contribution in [3.63, 3.8) is 0 Å². The van der Waals surface area contributed by atoms with Crippen LogP contribution in [0, 0.1) is 0 Å². The molecule has 0 spiro atoms. The van der Waals surface area contributed by atoms with Gasteiger partial charge in [-0.05, 0) is 62.5 Å². The van der Waals surface area contributed by atoms with Crippen molar-refractivity contribution in [1.29, 1.82) is 0 Å². The summed E-state index contributed by atoms with van der Waals surface area (Å²) in [6.07, 6.45) is 2.36. The molecule has 36 heavy (non-hydrogen) atoms. The zero-order valence-electron chi connectivity index (χ0n) is 20.4. The van der Waals surface area contributed by atoms with Crippen LogP contribution >= 0.6 is 11.3 Å². The van der Waals surface area contributed by atoms with Gasteiger partial charge in [0.1, 0.15) is 28.6 Å². The van der Waals surface area contributed by atoms with Crippen molar-refractivity contribution < 1.29 is 19.0 Å². The van der Waals surface area contributed by atoms with Crippen molar-refractivity contribution >= 4 is 33.5 Å². The molecule has 2 N–H and O–H groups in total. The maximum absolute atomic E-state index is 12.0. The van der Waals surface area contributed by atoms with Crippen LogP contribution in [0.4, 0.5) is 5.95 Å². The monoisotopic (exact) mass is 505 g/mol. The van der Waals surface area contributed by atoms with E-state index in [4.69, 9.17) is 24.9 Å². The molecule has 2 aromatic heterocycles. The molecule has 3 heterocycles. The molecule has 1 unspecified atom stereocenters. The quantitative estimate of drug-likeness (QED) is 0.375. The van der Waals surface area contributed by atoms with Gasteiger partial charge in [0.2, 0.25) is 5.95 Å². The number of methoxy groups -OCH3 is 1. The standard InChI is InChI=1S/C26H27N5O4S/c1-31(2)8-9-34-21-12-16(19-6-7-28-26(27)29-19)13-22-23(21)30-24(36-22)18-11-17-10-15(25(32)33-3)4-5-20(17)35-14-18/h4-7,10,12-13,18H,8-9,11,14H2,1-3H3,(H2,27,28,29). The summed E-state index contributed by atoms with van der Waals surface area (Å²) in [6, 6.07) is 11.2. The van der Waals surface area contributed by atoms with Crippen molar-refractivity contribution in [1.82, 2.24) is 19.9 Å². The molecule has 1 aliphatic heterocycles. The van der Waals surface area contributed by atoms with E-state index in [0.29, 0.717) is 30.9 Å². The first kappa shape index (κ1) is 24.0. The SMILES string of the molecule is COC(=O)c1ccc2c(c1)CC(c1nc3c(OCCN(C)C)cc(-c4ccnc(N)n4)cc3s1)CO2. The van der Waals surface area contributed by atoms with Crippen molar-refractivity contribution in [2.45, 2.75) is 12.3 Å². The molecular formula is C26H27N5O4S. The first-order valence-corrected chi connectivity index (χ1v) is 12.4. The molecule has 0 fully saturated rings. The maximum atomic E-state index is 12.0. The van der Waals surface area contributed by atoms with Crippen LogP contribution in [0.25, 0.3) is 21.5 Å². The summed E-state index contributed by atoms with van der Waals surface area (Å²) in [4.78, 5) is 27.4. The lowest BCUT2D eigenvalue weighted by Crippen LogP contribution is -2.20. The van der Waals surface area contributed by atoms with E-state index in [1.807, 2.05) is 38.4 Å². The number of esters is 1. The van der Waals surface area contributed by atoms with E-state index in [1.165, 1.54) is 7.11 Å². The van der Waals surface area contributed by atoms with Gasteiger partial charge in [0.25, 0.3) is 0 Å². The van der Waals surface area contributed by atoms with Crippen LogP contribution in [-0.4, -0.2) is 66.8 Å². The zero-order valence-corrected chi connectivity index (χ0v) is 21.2. The third-order valence-corrected chi connectivity index (χ3v) is 7.14. The van der Waals surface area contributed by atoms with Gasteiger partial charge in [0.05, 0.1) is 29.7 Å². The second kappa shape index (κ2) is 10.1. The van der Waals surface area contributed by atoms with Crippen molar-refractivity contribution in [2.24, 2.45) is 0 Å². The van der Waals surface area contributed by atoms with Gasteiger partial charge in [-0.1, -0.05) is 0 Å². The number of hydrogen-bond donors (Lipinski definition) is 1. The van der Waals surface area contributed by atoms with Crippen LogP contribution in [0.3, 0.4) is 0 Å². The molecular weight excluding hydrogens is 478 g/mol. The van der Waals surface area contributed by atoms with E-state index in [0.717, 1.165) is 44.3 Å². The fourth-order valence-corrected chi connectivity index (χ4v) is 5.23. The van der Waals surface area contributed by atoms with Gasteiger partial charge in [-0.25, -0.2) is 19.7 Å². The summed E-state index contributed by atoms with van der Waals surface area (Å²) in [7, 11) is 5.39. The van der Waals surface area contributed by atoms with E-state index < -0.39 is 0 Å². The normalized spacial score (nSPS) is 14.9. The van der Waals surface area contributed by atoms with Gasteiger partial charge in [0.15, 0.2) is 0 Å². The number of anilines is 1. The third kappa shape index (κ3) is 4.95. The van der Waals surface area contributed by atoms with E-state index in [9.17, 15) is 4.79 Å². The molecule has 10 heteroatoms. The minimum atomic E-state index is -0.364. The van der Waals surface area contributed by atoms with Gasteiger partial charge < -0.3 is 24.8 Å². The number of carbonyl (C=O) groups excluding carboxylic acids is 1. The Morgan fingerprint density at radius 3 is 2.86 bits per heavy atom. The Bertz CT molecular complexity index is 1420. The molecule has 4 aromatic rings. The molecule has 0 saturated carbocycles. The lowest BCUT2D eigenvalue weighted by Gasteiger charge is -2.24. The fourth-order valence-electron chi connectivity index (χ4n) is 4.12. The molecule has 5 rings (SSSR count). The molecule has 0 amide bonds. The highest BCUT2D eigenvalue weighted by molar-refractivity contribution is 7.18. The summed E-state index contributed by atoms with van der Waals surface area (Å²) < 4.78 is 18.1. The summed E-state index contributed by atoms with van der Waals surface area (Å²) in [6.45, 7) is 1.82. The number of likely N-dealkylation sites (N-methyl/N-ethyl adjacent to an activating group) is 1. The predicted octanol–water partition coefficient (Wildman–Crippen LogP) is 3.78. The minimum absolute atomic E-state index is 0.0515. The van der Waals surface area contributed by atoms with E-state index >= 15 is 0 Å². The molecule has 1 aliphatic rings. The molecule has 186 valence electrons. The minimum Gasteiger partial charge on any atom is -0.493 e. The van der Waals surface area contributed by atoms with E-state index in [1.54, 1.807) is 23.6 Å².